The average molecular weight is 122 g/mol. The molecule has 0 aromatic heterocycles. The van der Waals surface area contributed by atoms with Crippen LogP contribution in [0.1, 0.15) is 6.92 Å². The van der Waals surface area contributed by atoms with E-state index in [2.05, 4.69) is 5.01 Å². The van der Waals surface area contributed by atoms with E-state index in [1.54, 1.807) is 6.07 Å². The summed E-state index contributed by atoms with van der Waals surface area (Å²) in [6.07, 6.45) is 0. The first-order valence-electron chi connectivity index (χ1n) is 1.38. The van der Waals surface area contributed by atoms with Crippen molar-refractivity contribution in [1.82, 2.24) is 0 Å². The molecule has 0 saturated carbocycles. The quantitative estimate of drug-likeness (QED) is 0.280. The monoisotopic (exact) mass is 121 g/mol. The van der Waals surface area contributed by atoms with E-state index in [9.17, 15) is 4.79 Å². The van der Waals surface area contributed by atoms with Crippen molar-refractivity contribution in [2.75, 3.05) is 0 Å². The Labute approximate surface area is 47.1 Å². The van der Waals surface area contributed by atoms with Gasteiger partial charge in [-0.3, -0.25) is 4.79 Å². The van der Waals surface area contributed by atoms with Crippen molar-refractivity contribution in [2.24, 2.45) is 0 Å². The SMILES string of the molecule is CC(=O)C#[N+]O.[Cl-]. The first kappa shape index (κ1) is 9.54. The fourth-order valence-corrected chi connectivity index (χ4v) is 0.0704. The van der Waals surface area contributed by atoms with Crippen LogP contribution in [0.2, 0.25) is 0 Å². The molecule has 0 bridgehead atoms. The van der Waals surface area contributed by atoms with E-state index in [0.29, 0.717) is 0 Å². The highest BCUT2D eigenvalue weighted by Crippen LogP contribution is 1.58. The number of carbonyl (C=O) groups is 1. The van der Waals surface area contributed by atoms with Crippen LogP contribution in [0.5, 0.6) is 0 Å². The topological polar surface area (TPSA) is 41.7 Å². The van der Waals surface area contributed by atoms with Crippen LogP contribution in [-0.4, -0.2) is 11.0 Å². The van der Waals surface area contributed by atoms with Crippen molar-refractivity contribution in [3.05, 3.63) is 5.01 Å². The molecule has 0 aliphatic heterocycles. The van der Waals surface area contributed by atoms with Crippen molar-refractivity contribution in [2.45, 2.75) is 6.92 Å². The number of carbonyl (C=O) groups excluding carboxylic acids is 1. The number of rotatable bonds is 0. The highest BCUT2D eigenvalue weighted by Gasteiger charge is 1.89. The molecule has 0 atom stereocenters. The fourth-order valence-electron chi connectivity index (χ4n) is 0.0704. The third-order valence-corrected chi connectivity index (χ3v) is 0.207. The molecule has 0 aromatic rings. The maximum absolute atomic E-state index is 9.68. The summed E-state index contributed by atoms with van der Waals surface area (Å²) < 4.78 is 0. The van der Waals surface area contributed by atoms with Crippen LogP contribution in [0.15, 0.2) is 0 Å². The van der Waals surface area contributed by atoms with Crippen LogP contribution < -0.4 is 12.4 Å². The first-order valence-corrected chi connectivity index (χ1v) is 1.38. The van der Waals surface area contributed by atoms with Gasteiger partial charge in [0.05, 0.1) is 0 Å². The van der Waals surface area contributed by atoms with Gasteiger partial charge in [0.1, 0.15) is 0 Å². The Morgan fingerprint density at radius 3 is 2.29 bits per heavy atom. The van der Waals surface area contributed by atoms with Gasteiger partial charge in [0.2, 0.25) is 5.01 Å². The van der Waals surface area contributed by atoms with Crippen LogP contribution >= 0.6 is 0 Å². The Bertz CT molecular complexity index is 112. The minimum absolute atomic E-state index is 0. The Morgan fingerprint density at radius 2 is 2.29 bits per heavy atom. The van der Waals surface area contributed by atoms with Crippen molar-refractivity contribution in [3.8, 4) is 6.07 Å². The van der Waals surface area contributed by atoms with Gasteiger partial charge in [0, 0.05) is 6.92 Å². The van der Waals surface area contributed by atoms with Crippen molar-refractivity contribution < 1.29 is 22.4 Å². The molecule has 0 radical (unpaired) electrons. The third kappa shape index (κ3) is 11.0. The molecule has 0 amide bonds. The summed E-state index contributed by atoms with van der Waals surface area (Å²) in [5.41, 5.74) is 0. The maximum Gasteiger partial charge on any atom is 0.427 e. The highest BCUT2D eigenvalue weighted by atomic mass is 35.5. The largest absolute Gasteiger partial charge is 1.00 e. The predicted octanol–water partition coefficient (Wildman–Crippen LogP) is -2.70. The molecule has 0 heterocycles. The van der Waals surface area contributed by atoms with E-state index in [1.807, 2.05) is 0 Å². The van der Waals surface area contributed by atoms with Gasteiger partial charge in [-0.25, -0.2) is 0 Å². The lowest BCUT2D eigenvalue weighted by Gasteiger charge is -1.47. The van der Waals surface area contributed by atoms with Crippen LogP contribution in [0.25, 0.3) is 5.01 Å². The molecule has 7 heavy (non-hydrogen) atoms. The lowest BCUT2D eigenvalue weighted by molar-refractivity contribution is -0.111. The number of hydrogen-bond donors (Lipinski definition) is 1. The summed E-state index contributed by atoms with van der Waals surface area (Å²) in [6, 6.07) is 1.75. The number of halogens is 1. The molecule has 1 N–H and O–H groups in total. The third-order valence-electron chi connectivity index (χ3n) is 0.207. The average Bonchev–Trinajstić information content (AvgIpc) is 1.35. The van der Waals surface area contributed by atoms with E-state index in [-0.39, 0.29) is 18.2 Å². The van der Waals surface area contributed by atoms with E-state index in [4.69, 9.17) is 5.21 Å². The zero-order valence-electron chi connectivity index (χ0n) is 3.68. The molecule has 0 rings (SSSR count). The lowest BCUT2D eigenvalue weighted by atomic mass is 10.5. The first-order chi connectivity index (χ1) is 2.77. The Hall–Kier alpha value is -0.750. The number of hydrogen-bond acceptors (Lipinski definition) is 2. The normalized spacial score (nSPS) is 4.71. The minimum atomic E-state index is -0.377. The van der Waals surface area contributed by atoms with Gasteiger partial charge in [0.15, 0.2) is 0 Å². The Kier molecular flexibility index (Phi) is 7.15. The summed E-state index contributed by atoms with van der Waals surface area (Å²) in [5.74, 6) is -0.377. The minimum Gasteiger partial charge on any atom is -1.00 e. The van der Waals surface area contributed by atoms with Crippen molar-refractivity contribution in [3.63, 3.8) is 0 Å². The molecule has 0 aliphatic carbocycles. The Balaban J connectivity index is 0. The zero-order chi connectivity index (χ0) is 4.99. The molecular weight excluding hydrogens is 117 g/mol. The Morgan fingerprint density at radius 1 is 1.86 bits per heavy atom. The molecule has 0 aromatic carbocycles. The second-order valence-electron chi connectivity index (χ2n) is 0.768. The van der Waals surface area contributed by atoms with Gasteiger partial charge < -0.3 is 12.4 Å². The molecule has 0 spiro atoms. The van der Waals surface area contributed by atoms with Gasteiger partial charge in [-0.1, -0.05) is 0 Å². The molecule has 3 nitrogen and oxygen atoms in total. The molecule has 0 aliphatic rings. The van der Waals surface area contributed by atoms with Gasteiger partial charge in [-0.05, 0) is 0 Å². The van der Waals surface area contributed by atoms with Crippen molar-refractivity contribution in [1.29, 1.82) is 0 Å². The number of ketones is 1. The van der Waals surface area contributed by atoms with Crippen LogP contribution in [0.3, 0.4) is 0 Å². The summed E-state index contributed by atoms with van der Waals surface area (Å²) in [6.45, 7) is 1.25. The van der Waals surface area contributed by atoms with Crippen LogP contribution in [0.4, 0.5) is 0 Å². The van der Waals surface area contributed by atoms with E-state index >= 15 is 0 Å². The summed E-state index contributed by atoms with van der Waals surface area (Å²) in [7, 11) is 0. The molecule has 0 saturated heterocycles. The van der Waals surface area contributed by atoms with E-state index in [1.165, 1.54) is 6.92 Å². The van der Waals surface area contributed by atoms with Crippen molar-refractivity contribution >= 4 is 5.78 Å². The lowest BCUT2D eigenvalue weighted by Crippen LogP contribution is -3.00. The molecule has 0 fully saturated rings. The van der Waals surface area contributed by atoms with Gasteiger partial charge in [-0.2, -0.15) is 5.21 Å². The fraction of sp³-hybridized carbons (Fsp3) is 0.333. The second-order valence-corrected chi connectivity index (χ2v) is 0.768. The van der Waals surface area contributed by atoms with Gasteiger partial charge >= 0.3 is 6.07 Å². The standard InChI is InChI=1S/C3H3NO2.ClH/c1-3(5)2-4-6;/h1H3;1H. The van der Waals surface area contributed by atoms with E-state index < -0.39 is 0 Å². The summed E-state index contributed by atoms with van der Waals surface area (Å²) in [4.78, 5) is 9.68. The second kappa shape index (κ2) is 5.25. The predicted molar refractivity (Wildman–Crippen MR) is 19.7 cm³/mol. The zero-order valence-corrected chi connectivity index (χ0v) is 4.44. The summed E-state index contributed by atoms with van der Waals surface area (Å²) >= 11 is 0. The number of nitrogens with zero attached hydrogens (tertiary/aromatic N) is 1. The smallest absolute Gasteiger partial charge is 0.427 e. The van der Waals surface area contributed by atoms with E-state index in [0.717, 1.165) is 0 Å². The van der Waals surface area contributed by atoms with Crippen LogP contribution in [0, 0.1) is 6.07 Å². The number of Topliss-reactive ketones (excluding diaryl/α,β-unsaturated/α-hetero) is 1. The van der Waals surface area contributed by atoms with Crippen LogP contribution in [-0.2, 0) is 4.79 Å². The van der Waals surface area contributed by atoms with Gasteiger partial charge in [0.25, 0.3) is 5.78 Å². The molecular formula is C3H4ClNO2. The summed E-state index contributed by atoms with van der Waals surface area (Å²) in [5, 5.41) is 9.87. The van der Waals surface area contributed by atoms with Gasteiger partial charge in [-0.15, -0.1) is 0 Å². The molecule has 4 heteroatoms. The highest BCUT2D eigenvalue weighted by molar-refractivity contribution is 5.92. The maximum atomic E-state index is 9.68. The molecule has 40 valence electrons. The molecule has 0 unspecified atom stereocenters.